The van der Waals surface area contributed by atoms with Crippen LogP contribution in [0.2, 0.25) is 0 Å². The van der Waals surface area contributed by atoms with Gasteiger partial charge in [-0.25, -0.2) is 4.79 Å². The average Bonchev–Trinajstić information content (AvgIpc) is 3.05. The Morgan fingerprint density at radius 2 is 1.87 bits per heavy atom. The van der Waals surface area contributed by atoms with Gasteiger partial charge in [0.15, 0.2) is 5.60 Å². The standard InChI is InChI=1S/C21H16F3N3O4/c1-20(31,11-27-10-15(18(28)29)14-4-2-3-5-17(14)27)19(30)26-13-7-6-12(9-25)16(8-13)21(22,23)24/h2-8,10,31H,11H2,1H3,(H,26,30)(H,28,29). The van der Waals surface area contributed by atoms with Crippen molar-refractivity contribution in [2.45, 2.75) is 25.2 Å². The van der Waals surface area contributed by atoms with Crippen molar-refractivity contribution in [2.24, 2.45) is 0 Å². The number of hydrogen-bond acceptors (Lipinski definition) is 4. The number of aromatic carboxylic acids is 1. The minimum absolute atomic E-state index is 0.0197. The number of alkyl halides is 3. The first-order valence-electron chi connectivity index (χ1n) is 8.90. The molecule has 10 heteroatoms. The van der Waals surface area contributed by atoms with E-state index < -0.39 is 34.8 Å². The van der Waals surface area contributed by atoms with Crippen molar-refractivity contribution in [3.05, 3.63) is 65.4 Å². The number of fused-ring (bicyclic) bond motifs is 1. The van der Waals surface area contributed by atoms with E-state index >= 15 is 0 Å². The Morgan fingerprint density at radius 3 is 2.48 bits per heavy atom. The summed E-state index contributed by atoms with van der Waals surface area (Å²) in [5.74, 6) is -2.18. The largest absolute Gasteiger partial charge is 0.478 e. The molecule has 3 N–H and O–H groups in total. The van der Waals surface area contributed by atoms with Crippen molar-refractivity contribution in [2.75, 3.05) is 5.32 Å². The van der Waals surface area contributed by atoms with Crippen molar-refractivity contribution in [3.8, 4) is 6.07 Å². The summed E-state index contributed by atoms with van der Waals surface area (Å²) in [5, 5.41) is 31.5. The van der Waals surface area contributed by atoms with Gasteiger partial charge in [-0.3, -0.25) is 4.79 Å². The Balaban J connectivity index is 1.89. The highest BCUT2D eigenvalue weighted by molar-refractivity contribution is 6.03. The molecule has 3 rings (SSSR count). The molecule has 7 nitrogen and oxygen atoms in total. The quantitative estimate of drug-likeness (QED) is 0.571. The number of carboxylic acid groups (broad SMARTS) is 1. The van der Waals surface area contributed by atoms with Crippen LogP contribution in [-0.2, 0) is 17.5 Å². The third-order valence-electron chi connectivity index (χ3n) is 4.69. The zero-order valence-corrected chi connectivity index (χ0v) is 16.1. The lowest BCUT2D eigenvalue weighted by molar-refractivity contribution is -0.138. The van der Waals surface area contributed by atoms with Crippen LogP contribution in [0.4, 0.5) is 18.9 Å². The number of hydrogen-bond donors (Lipinski definition) is 3. The second kappa shape index (κ2) is 7.77. The van der Waals surface area contributed by atoms with Gasteiger partial charge in [-0.15, -0.1) is 0 Å². The number of anilines is 1. The Hall–Kier alpha value is -3.84. The van der Waals surface area contributed by atoms with E-state index in [2.05, 4.69) is 5.32 Å². The van der Waals surface area contributed by atoms with Gasteiger partial charge in [0.2, 0.25) is 0 Å². The number of halogens is 3. The van der Waals surface area contributed by atoms with Crippen LogP contribution in [0.1, 0.15) is 28.4 Å². The molecule has 0 aliphatic carbocycles. The van der Waals surface area contributed by atoms with Gasteiger partial charge in [-0.2, -0.15) is 18.4 Å². The van der Waals surface area contributed by atoms with E-state index in [1.54, 1.807) is 24.3 Å². The van der Waals surface area contributed by atoms with Gasteiger partial charge in [0.25, 0.3) is 5.91 Å². The number of aromatic nitrogens is 1. The molecule has 1 amide bonds. The van der Waals surface area contributed by atoms with Gasteiger partial charge in [0.1, 0.15) is 0 Å². The molecule has 31 heavy (non-hydrogen) atoms. The summed E-state index contributed by atoms with van der Waals surface area (Å²) < 4.78 is 40.8. The summed E-state index contributed by atoms with van der Waals surface area (Å²) in [5.41, 5.74) is -3.71. The number of para-hydroxylation sites is 1. The molecular formula is C21H16F3N3O4. The number of rotatable bonds is 5. The summed E-state index contributed by atoms with van der Waals surface area (Å²) >= 11 is 0. The monoisotopic (exact) mass is 431 g/mol. The zero-order chi connectivity index (χ0) is 23.0. The second-order valence-electron chi connectivity index (χ2n) is 7.09. The van der Waals surface area contributed by atoms with Gasteiger partial charge in [-0.1, -0.05) is 18.2 Å². The highest BCUT2D eigenvalue weighted by atomic mass is 19.4. The number of nitrogens with zero attached hydrogens (tertiary/aromatic N) is 2. The molecule has 1 heterocycles. The van der Waals surface area contributed by atoms with Crippen LogP contribution in [-0.4, -0.2) is 32.3 Å². The number of carboxylic acids is 1. The van der Waals surface area contributed by atoms with Gasteiger partial charge in [-0.05, 0) is 31.2 Å². The predicted molar refractivity (Wildman–Crippen MR) is 104 cm³/mol. The fourth-order valence-electron chi connectivity index (χ4n) is 3.17. The fraction of sp³-hybridized carbons (Fsp3) is 0.190. The Bertz CT molecular complexity index is 1220. The van der Waals surface area contributed by atoms with Crippen molar-refractivity contribution in [1.82, 2.24) is 4.57 Å². The van der Waals surface area contributed by atoms with Crippen LogP contribution in [0.3, 0.4) is 0 Å². The van der Waals surface area contributed by atoms with Gasteiger partial charge in [0.05, 0.1) is 29.3 Å². The van der Waals surface area contributed by atoms with Crippen molar-refractivity contribution in [3.63, 3.8) is 0 Å². The lowest BCUT2D eigenvalue weighted by Gasteiger charge is -2.24. The first-order chi connectivity index (χ1) is 14.4. The third kappa shape index (κ3) is 4.36. The van der Waals surface area contributed by atoms with Crippen LogP contribution >= 0.6 is 0 Å². The van der Waals surface area contributed by atoms with E-state index in [4.69, 9.17) is 5.26 Å². The van der Waals surface area contributed by atoms with E-state index in [1.165, 1.54) is 16.8 Å². The highest BCUT2D eigenvalue weighted by Gasteiger charge is 2.35. The maximum absolute atomic E-state index is 13.1. The summed E-state index contributed by atoms with van der Waals surface area (Å²) in [6.45, 7) is 0.806. The van der Waals surface area contributed by atoms with Crippen LogP contribution in [0.25, 0.3) is 10.9 Å². The molecule has 0 aliphatic heterocycles. The molecule has 0 radical (unpaired) electrons. The summed E-state index contributed by atoms with van der Waals surface area (Å²) in [6, 6.07) is 10.6. The normalized spacial score (nSPS) is 13.4. The number of nitrogens with one attached hydrogen (secondary N) is 1. The van der Waals surface area contributed by atoms with Crippen molar-refractivity contribution < 1.29 is 33.0 Å². The molecule has 1 aromatic heterocycles. The highest BCUT2D eigenvalue weighted by Crippen LogP contribution is 2.34. The van der Waals surface area contributed by atoms with E-state index in [0.717, 1.165) is 19.1 Å². The van der Waals surface area contributed by atoms with Crippen molar-refractivity contribution in [1.29, 1.82) is 5.26 Å². The van der Waals surface area contributed by atoms with Crippen LogP contribution < -0.4 is 5.32 Å². The van der Waals surface area contributed by atoms with E-state index in [-0.39, 0.29) is 17.8 Å². The first kappa shape index (κ1) is 21.9. The maximum atomic E-state index is 13.1. The number of carbonyl (C=O) groups is 2. The Kier molecular flexibility index (Phi) is 5.48. The van der Waals surface area contributed by atoms with Gasteiger partial charge < -0.3 is 20.1 Å². The van der Waals surface area contributed by atoms with Crippen LogP contribution in [0.15, 0.2) is 48.7 Å². The molecule has 0 saturated heterocycles. The fourth-order valence-corrected chi connectivity index (χ4v) is 3.17. The predicted octanol–water partition coefficient (Wildman–Crippen LogP) is 3.62. The molecule has 1 atom stereocenters. The lowest BCUT2D eigenvalue weighted by atomic mass is 10.0. The second-order valence-corrected chi connectivity index (χ2v) is 7.09. The molecule has 0 bridgehead atoms. The molecule has 3 aromatic rings. The van der Waals surface area contributed by atoms with E-state index in [9.17, 15) is 33.0 Å². The number of carbonyl (C=O) groups excluding carboxylic acids is 1. The Labute approximate surface area is 173 Å². The van der Waals surface area contributed by atoms with E-state index in [0.29, 0.717) is 17.0 Å². The number of benzene rings is 2. The molecule has 0 saturated carbocycles. The maximum Gasteiger partial charge on any atom is 0.417 e. The summed E-state index contributed by atoms with van der Waals surface area (Å²) in [6.07, 6.45) is -3.52. The molecule has 1 unspecified atom stereocenters. The summed E-state index contributed by atoms with van der Waals surface area (Å²) in [7, 11) is 0. The molecular weight excluding hydrogens is 415 g/mol. The van der Waals surface area contributed by atoms with Crippen molar-refractivity contribution >= 4 is 28.5 Å². The number of amides is 1. The van der Waals surface area contributed by atoms with Gasteiger partial charge >= 0.3 is 12.1 Å². The minimum Gasteiger partial charge on any atom is -0.478 e. The first-order valence-corrected chi connectivity index (χ1v) is 8.90. The molecule has 0 aliphatic rings. The molecule has 0 fully saturated rings. The third-order valence-corrected chi connectivity index (χ3v) is 4.69. The average molecular weight is 431 g/mol. The van der Waals surface area contributed by atoms with Gasteiger partial charge in [0, 0.05) is 22.8 Å². The lowest BCUT2D eigenvalue weighted by Crippen LogP contribution is -2.43. The molecule has 2 aromatic carbocycles. The smallest absolute Gasteiger partial charge is 0.417 e. The SMILES string of the molecule is CC(O)(Cn1cc(C(=O)O)c2ccccc21)C(=O)Nc1ccc(C#N)c(C(F)(F)F)c1. The summed E-state index contributed by atoms with van der Waals surface area (Å²) in [4.78, 5) is 24.1. The minimum atomic E-state index is -4.80. The van der Waals surface area contributed by atoms with Crippen LogP contribution in [0, 0.1) is 11.3 Å². The zero-order valence-electron chi connectivity index (χ0n) is 16.1. The van der Waals surface area contributed by atoms with E-state index in [1.807, 2.05) is 0 Å². The molecule has 160 valence electrons. The number of nitriles is 1. The topological polar surface area (TPSA) is 115 Å². The Morgan fingerprint density at radius 1 is 1.19 bits per heavy atom. The number of aliphatic hydroxyl groups is 1. The van der Waals surface area contributed by atoms with Crippen LogP contribution in [0.5, 0.6) is 0 Å². The molecule has 0 spiro atoms.